The summed E-state index contributed by atoms with van der Waals surface area (Å²) in [6.45, 7) is 0.419. The molecule has 0 aromatic heterocycles. The number of halogens is 1. The Morgan fingerprint density at radius 3 is 2.43 bits per heavy atom. The number of aliphatic hydroxyl groups excluding tert-OH is 1. The predicted octanol–water partition coefficient (Wildman–Crippen LogP) is 4.64. The number of hydrogen-bond acceptors (Lipinski definition) is 2. The van der Waals surface area contributed by atoms with Gasteiger partial charge in [-0.15, -0.1) is 0 Å². The lowest BCUT2D eigenvalue weighted by molar-refractivity contribution is 0.192. The van der Waals surface area contributed by atoms with Crippen molar-refractivity contribution in [2.45, 2.75) is 6.10 Å². The molecule has 3 heteroatoms. The number of anilines is 1. The van der Waals surface area contributed by atoms with Gasteiger partial charge in [-0.1, -0.05) is 60.1 Å². The Kier molecular flexibility index (Phi) is 4.09. The van der Waals surface area contributed by atoms with Crippen LogP contribution < -0.4 is 5.32 Å². The summed E-state index contributed by atoms with van der Waals surface area (Å²) in [6.07, 6.45) is -0.634. The van der Waals surface area contributed by atoms with Gasteiger partial charge in [0.15, 0.2) is 0 Å². The zero-order valence-corrected chi connectivity index (χ0v) is 12.2. The standard InChI is InChI=1S/C18H16ClNO/c19-17-8-4-3-7-16(17)18(21)12-20-15-10-9-13-5-1-2-6-14(13)11-15/h1-11,18,20-21H,12H2. The van der Waals surface area contributed by atoms with Crippen LogP contribution >= 0.6 is 11.6 Å². The molecule has 0 amide bonds. The molecular weight excluding hydrogens is 282 g/mol. The number of nitrogens with one attached hydrogen (secondary N) is 1. The van der Waals surface area contributed by atoms with Gasteiger partial charge < -0.3 is 10.4 Å². The number of aliphatic hydroxyl groups is 1. The molecule has 0 radical (unpaired) electrons. The first-order valence-electron chi connectivity index (χ1n) is 6.89. The van der Waals surface area contributed by atoms with E-state index in [-0.39, 0.29) is 0 Å². The maximum atomic E-state index is 10.2. The van der Waals surface area contributed by atoms with E-state index in [2.05, 4.69) is 29.6 Å². The molecule has 0 aliphatic carbocycles. The van der Waals surface area contributed by atoms with E-state index in [1.807, 2.05) is 36.4 Å². The average Bonchev–Trinajstić information content (AvgIpc) is 2.53. The summed E-state index contributed by atoms with van der Waals surface area (Å²) in [7, 11) is 0. The van der Waals surface area contributed by atoms with Crippen LogP contribution in [0.2, 0.25) is 5.02 Å². The molecule has 1 unspecified atom stereocenters. The van der Waals surface area contributed by atoms with Crippen molar-refractivity contribution < 1.29 is 5.11 Å². The van der Waals surface area contributed by atoms with Gasteiger partial charge in [-0.3, -0.25) is 0 Å². The van der Waals surface area contributed by atoms with Crippen LogP contribution in [0.3, 0.4) is 0 Å². The van der Waals surface area contributed by atoms with Crippen LogP contribution in [0.4, 0.5) is 5.69 Å². The lowest BCUT2D eigenvalue weighted by atomic mass is 10.1. The Hall–Kier alpha value is -2.03. The molecular formula is C18H16ClNO. The fourth-order valence-electron chi connectivity index (χ4n) is 2.37. The summed E-state index contributed by atoms with van der Waals surface area (Å²) >= 11 is 6.09. The SMILES string of the molecule is OC(CNc1ccc2ccccc2c1)c1ccccc1Cl. The van der Waals surface area contributed by atoms with Crippen LogP contribution in [0, 0.1) is 0 Å². The van der Waals surface area contributed by atoms with E-state index < -0.39 is 6.10 Å². The van der Waals surface area contributed by atoms with Gasteiger partial charge in [0.05, 0.1) is 6.10 Å². The van der Waals surface area contributed by atoms with E-state index in [0.717, 1.165) is 11.3 Å². The summed E-state index contributed by atoms with van der Waals surface area (Å²) in [5, 5.41) is 16.4. The van der Waals surface area contributed by atoms with Crippen LogP contribution in [0.15, 0.2) is 66.7 Å². The van der Waals surface area contributed by atoms with Gasteiger partial charge in [0.25, 0.3) is 0 Å². The van der Waals surface area contributed by atoms with Crippen molar-refractivity contribution in [2.75, 3.05) is 11.9 Å². The Morgan fingerprint density at radius 2 is 1.62 bits per heavy atom. The maximum Gasteiger partial charge on any atom is 0.0976 e. The summed E-state index contributed by atoms with van der Waals surface area (Å²) in [6, 6.07) is 21.7. The maximum absolute atomic E-state index is 10.2. The first-order chi connectivity index (χ1) is 10.2. The highest BCUT2D eigenvalue weighted by Crippen LogP contribution is 2.24. The molecule has 3 aromatic carbocycles. The van der Waals surface area contributed by atoms with Gasteiger partial charge in [0.1, 0.15) is 0 Å². The third-order valence-corrected chi connectivity index (χ3v) is 3.86. The minimum Gasteiger partial charge on any atom is -0.387 e. The molecule has 0 saturated carbocycles. The lowest BCUT2D eigenvalue weighted by Gasteiger charge is -2.14. The van der Waals surface area contributed by atoms with Crippen LogP contribution in [0.1, 0.15) is 11.7 Å². The van der Waals surface area contributed by atoms with Crippen molar-refractivity contribution >= 4 is 28.1 Å². The molecule has 0 aliphatic heterocycles. The normalized spacial score (nSPS) is 12.3. The van der Waals surface area contributed by atoms with E-state index >= 15 is 0 Å². The van der Waals surface area contributed by atoms with Crippen molar-refractivity contribution in [3.8, 4) is 0 Å². The molecule has 3 rings (SSSR count). The van der Waals surface area contributed by atoms with E-state index in [0.29, 0.717) is 11.6 Å². The average molecular weight is 298 g/mol. The molecule has 0 aliphatic rings. The smallest absolute Gasteiger partial charge is 0.0976 e. The molecule has 3 aromatic rings. The van der Waals surface area contributed by atoms with Gasteiger partial charge >= 0.3 is 0 Å². The summed E-state index contributed by atoms with van der Waals surface area (Å²) in [5.41, 5.74) is 1.73. The van der Waals surface area contributed by atoms with Gasteiger partial charge in [0, 0.05) is 22.8 Å². The van der Waals surface area contributed by atoms with Gasteiger partial charge in [-0.25, -0.2) is 0 Å². The molecule has 106 valence electrons. The van der Waals surface area contributed by atoms with E-state index in [9.17, 15) is 5.11 Å². The second kappa shape index (κ2) is 6.17. The molecule has 2 N–H and O–H groups in total. The number of benzene rings is 3. The van der Waals surface area contributed by atoms with E-state index in [4.69, 9.17) is 11.6 Å². The van der Waals surface area contributed by atoms with Crippen LogP contribution in [-0.2, 0) is 0 Å². The Balaban J connectivity index is 1.73. The molecule has 0 bridgehead atoms. The van der Waals surface area contributed by atoms with Gasteiger partial charge in [-0.2, -0.15) is 0 Å². The summed E-state index contributed by atoms with van der Waals surface area (Å²) < 4.78 is 0. The zero-order chi connectivity index (χ0) is 14.7. The highest BCUT2D eigenvalue weighted by molar-refractivity contribution is 6.31. The third kappa shape index (κ3) is 3.18. The fourth-order valence-corrected chi connectivity index (χ4v) is 2.63. The van der Waals surface area contributed by atoms with Crippen molar-refractivity contribution in [3.05, 3.63) is 77.3 Å². The van der Waals surface area contributed by atoms with E-state index in [1.165, 1.54) is 10.8 Å². The molecule has 0 heterocycles. The summed E-state index contributed by atoms with van der Waals surface area (Å²) in [4.78, 5) is 0. The van der Waals surface area contributed by atoms with Crippen LogP contribution in [0.5, 0.6) is 0 Å². The van der Waals surface area contributed by atoms with Crippen molar-refractivity contribution in [2.24, 2.45) is 0 Å². The Labute approximate surface area is 129 Å². The molecule has 0 saturated heterocycles. The largest absolute Gasteiger partial charge is 0.387 e. The van der Waals surface area contributed by atoms with Crippen molar-refractivity contribution in [1.29, 1.82) is 0 Å². The molecule has 2 nitrogen and oxygen atoms in total. The molecule has 1 atom stereocenters. The van der Waals surface area contributed by atoms with Gasteiger partial charge in [-0.05, 0) is 29.0 Å². The zero-order valence-electron chi connectivity index (χ0n) is 11.5. The Morgan fingerprint density at radius 1 is 0.905 bits per heavy atom. The highest BCUT2D eigenvalue weighted by atomic mass is 35.5. The van der Waals surface area contributed by atoms with Crippen molar-refractivity contribution in [3.63, 3.8) is 0 Å². The monoisotopic (exact) mass is 297 g/mol. The number of fused-ring (bicyclic) bond motifs is 1. The predicted molar refractivity (Wildman–Crippen MR) is 88.8 cm³/mol. The second-order valence-electron chi connectivity index (χ2n) is 4.98. The third-order valence-electron chi connectivity index (χ3n) is 3.51. The number of hydrogen-bond donors (Lipinski definition) is 2. The minimum absolute atomic E-state index is 0.419. The van der Waals surface area contributed by atoms with E-state index in [1.54, 1.807) is 6.07 Å². The van der Waals surface area contributed by atoms with Crippen molar-refractivity contribution in [1.82, 2.24) is 0 Å². The number of rotatable bonds is 4. The molecule has 0 spiro atoms. The van der Waals surface area contributed by atoms with Gasteiger partial charge in [0.2, 0.25) is 0 Å². The second-order valence-corrected chi connectivity index (χ2v) is 5.39. The minimum atomic E-state index is -0.634. The molecule has 0 fully saturated rings. The summed E-state index contributed by atoms with van der Waals surface area (Å²) in [5.74, 6) is 0. The molecule has 21 heavy (non-hydrogen) atoms. The lowest BCUT2D eigenvalue weighted by Crippen LogP contribution is -2.12. The topological polar surface area (TPSA) is 32.3 Å². The van der Waals surface area contributed by atoms with Crippen LogP contribution in [-0.4, -0.2) is 11.7 Å². The Bertz CT molecular complexity index is 757. The highest BCUT2D eigenvalue weighted by Gasteiger charge is 2.10. The first-order valence-corrected chi connectivity index (χ1v) is 7.27. The first kappa shape index (κ1) is 13.9. The van der Waals surface area contributed by atoms with Crippen LogP contribution in [0.25, 0.3) is 10.8 Å². The fraction of sp³-hybridized carbons (Fsp3) is 0.111. The quantitative estimate of drug-likeness (QED) is 0.735.